The van der Waals surface area contributed by atoms with E-state index in [-0.39, 0.29) is 5.91 Å². The molecule has 3 nitrogen and oxygen atoms in total. The minimum Gasteiger partial charge on any atom is -0.269 e. The third kappa shape index (κ3) is 3.68. The van der Waals surface area contributed by atoms with Crippen LogP contribution in [0, 0.1) is 0 Å². The van der Waals surface area contributed by atoms with Gasteiger partial charge in [-0.15, -0.1) is 0 Å². The van der Waals surface area contributed by atoms with Gasteiger partial charge in [-0.05, 0) is 29.8 Å². The van der Waals surface area contributed by atoms with Crippen molar-refractivity contribution in [3.8, 4) is 0 Å². The number of hydroxylamine groups is 1. The predicted molar refractivity (Wildman–Crippen MR) is 72.8 cm³/mol. The average molecular weight is 306 g/mol. The van der Waals surface area contributed by atoms with Gasteiger partial charge in [-0.3, -0.25) is 9.63 Å². The Hall–Kier alpha value is -1.65. The molecule has 0 unspecified atom stereocenters. The van der Waals surface area contributed by atoms with Crippen LogP contribution >= 0.6 is 15.9 Å². The fraction of sp³-hybridized carbons (Fsp3) is 0.0714. The monoisotopic (exact) mass is 305 g/mol. The molecule has 2 rings (SSSR count). The highest BCUT2D eigenvalue weighted by molar-refractivity contribution is 9.10. The molecule has 0 aliphatic heterocycles. The Morgan fingerprint density at radius 2 is 1.72 bits per heavy atom. The zero-order valence-electron chi connectivity index (χ0n) is 9.60. The van der Waals surface area contributed by atoms with Crippen LogP contribution in [0.25, 0.3) is 0 Å². The van der Waals surface area contributed by atoms with Crippen molar-refractivity contribution in [1.29, 1.82) is 0 Å². The first-order valence-electron chi connectivity index (χ1n) is 5.47. The second-order valence-electron chi connectivity index (χ2n) is 3.71. The number of carbonyl (C=O) groups is 1. The molecule has 0 aromatic heterocycles. The van der Waals surface area contributed by atoms with E-state index < -0.39 is 0 Å². The molecular weight excluding hydrogens is 294 g/mol. The maximum absolute atomic E-state index is 11.6. The first-order chi connectivity index (χ1) is 8.75. The lowest BCUT2D eigenvalue weighted by Crippen LogP contribution is -2.23. The van der Waals surface area contributed by atoms with E-state index in [2.05, 4.69) is 21.4 Å². The Kier molecular flexibility index (Phi) is 4.50. The van der Waals surface area contributed by atoms with E-state index in [0.29, 0.717) is 12.2 Å². The number of hydrogen-bond acceptors (Lipinski definition) is 2. The summed E-state index contributed by atoms with van der Waals surface area (Å²) in [5, 5.41) is 0. The van der Waals surface area contributed by atoms with Crippen LogP contribution in [0.2, 0.25) is 0 Å². The largest absolute Gasteiger partial charge is 0.274 e. The minimum atomic E-state index is -0.243. The van der Waals surface area contributed by atoms with E-state index >= 15 is 0 Å². The number of benzene rings is 2. The van der Waals surface area contributed by atoms with Crippen LogP contribution in [0.3, 0.4) is 0 Å². The summed E-state index contributed by atoms with van der Waals surface area (Å²) in [7, 11) is 0. The van der Waals surface area contributed by atoms with Crippen LogP contribution < -0.4 is 5.48 Å². The number of carbonyl (C=O) groups excluding carboxylic acids is 1. The lowest BCUT2D eigenvalue weighted by atomic mass is 10.2. The van der Waals surface area contributed by atoms with Gasteiger partial charge in [0.25, 0.3) is 5.91 Å². The summed E-state index contributed by atoms with van der Waals surface area (Å²) in [4.78, 5) is 16.8. The smallest absolute Gasteiger partial charge is 0.269 e. The van der Waals surface area contributed by atoms with Gasteiger partial charge in [-0.1, -0.05) is 46.3 Å². The summed E-state index contributed by atoms with van der Waals surface area (Å²) < 4.78 is 1.01. The van der Waals surface area contributed by atoms with Crippen LogP contribution in [0.4, 0.5) is 0 Å². The van der Waals surface area contributed by atoms with Crippen LogP contribution in [0.1, 0.15) is 15.9 Å². The van der Waals surface area contributed by atoms with Crippen LogP contribution in [-0.4, -0.2) is 5.91 Å². The highest BCUT2D eigenvalue weighted by atomic mass is 79.9. The fourth-order valence-electron chi connectivity index (χ4n) is 1.41. The van der Waals surface area contributed by atoms with Gasteiger partial charge < -0.3 is 0 Å². The van der Waals surface area contributed by atoms with Crippen molar-refractivity contribution in [3.63, 3.8) is 0 Å². The molecule has 18 heavy (non-hydrogen) atoms. The molecule has 4 heteroatoms. The number of halogens is 1. The van der Waals surface area contributed by atoms with Crippen molar-refractivity contribution >= 4 is 21.8 Å². The van der Waals surface area contributed by atoms with E-state index in [4.69, 9.17) is 4.84 Å². The zero-order chi connectivity index (χ0) is 12.8. The molecule has 0 saturated carbocycles. The van der Waals surface area contributed by atoms with Gasteiger partial charge in [0.15, 0.2) is 0 Å². The zero-order valence-corrected chi connectivity index (χ0v) is 11.2. The average Bonchev–Trinajstić information content (AvgIpc) is 2.42. The van der Waals surface area contributed by atoms with Gasteiger partial charge in [-0.25, -0.2) is 5.48 Å². The summed E-state index contributed by atoms with van der Waals surface area (Å²) in [6, 6.07) is 16.7. The third-order valence-electron chi connectivity index (χ3n) is 2.35. The lowest BCUT2D eigenvalue weighted by molar-refractivity contribution is 0.0233. The van der Waals surface area contributed by atoms with Crippen molar-refractivity contribution in [3.05, 3.63) is 70.2 Å². The molecule has 1 N–H and O–H groups in total. The van der Waals surface area contributed by atoms with Crippen LogP contribution in [0.5, 0.6) is 0 Å². The Labute approximate surface area is 114 Å². The number of rotatable bonds is 4. The van der Waals surface area contributed by atoms with Gasteiger partial charge >= 0.3 is 0 Å². The molecule has 0 aliphatic rings. The Bertz CT molecular complexity index is 511. The van der Waals surface area contributed by atoms with Crippen molar-refractivity contribution in [2.24, 2.45) is 0 Å². The van der Waals surface area contributed by atoms with Crippen LogP contribution in [0.15, 0.2) is 59.1 Å². The second kappa shape index (κ2) is 6.33. The lowest BCUT2D eigenvalue weighted by Gasteiger charge is -2.06. The summed E-state index contributed by atoms with van der Waals surface area (Å²) >= 11 is 3.36. The Balaban J connectivity index is 1.82. The quantitative estimate of drug-likeness (QED) is 0.880. The van der Waals surface area contributed by atoms with Crippen molar-refractivity contribution in [1.82, 2.24) is 5.48 Å². The molecule has 0 spiro atoms. The maximum Gasteiger partial charge on any atom is 0.274 e. The van der Waals surface area contributed by atoms with E-state index in [1.165, 1.54) is 0 Å². The molecule has 0 heterocycles. The molecule has 92 valence electrons. The molecule has 0 bridgehead atoms. The first-order valence-corrected chi connectivity index (χ1v) is 6.26. The molecule has 1 amide bonds. The number of nitrogens with one attached hydrogen (secondary N) is 1. The van der Waals surface area contributed by atoms with Gasteiger partial charge in [0.2, 0.25) is 0 Å². The van der Waals surface area contributed by atoms with E-state index in [1.54, 1.807) is 12.1 Å². The van der Waals surface area contributed by atoms with Crippen LogP contribution in [-0.2, 0) is 11.4 Å². The second-order valence-corrected chi connectivity index (χ2v) is 4.63. The Morgan fingerprint density at radius 1 is 1.06 bits per heavy atom. The normalized spacial score (nSPS) is 10.1. The molecular formula is C14H12BrNO2. The summed E-state index contributed by atoms with van der Waals surface area (Å²) in [5.41, 5.74) is 3.98. The first kappa shape index (κ1) is 12.8. The SMILES string of the molecule is O=C(NOCc1ccc(Br)cc1)c1ccccc1. The van der Waals surface area contributed by atoms with Crippen molar-refractivity contribution < 1.29 is 9.63 Å². The molecule has 0 atom stereocenters. The van der Waals surface area contributed by atoms with Crippen molar-refractivity contribution in [2.45, 2.75) is 6.61 Å². The fourth-order valence-corrected chi connectivity index (χ4v) is 1.68. The Morgan fingerprint density at radius 3 is 2.39 bits per heavy atom. The van der Waals surface area contributed by atoms with Gasteiger partial charge in [-0.2, -0.15) is 0 Å². The number of amides is 1. The third-order valence-corrected chi connectivity index (χ3v) is 2.88. The van der Waals surface area contributed by atoms with E-state index in [1.807, 2.05) is 42.5 Å². The van der Waals surface area contributed by atoms with Crippen molar-refractivity contribution in [2.75, 3.05) is 0 Å². The van der Waals surface area contributed by atoms with E-state index in [9.17, 15) is 4.79 Å². The predicted octanol–water partition coefficient (Wildman–Crippen LogP) is 3.31. The van der Waals surface area contributed by atoms with E-state index in [0.717, 1.165) is 10.0 Å². The number of hydrogen-bond donors (Lipinski definition) is 1. The molecule has 0 fully saturated rings. The summed E-state index contributed by atoms with van der Waals surface area (Å²) in [6.07, 6.45) is 0. The van der Waals surface area contributed by atoms with Gasteiger partial charge in [0.1, 0.15) is 0 Å². The van der Waals surface area contributed by atoms with Gasteiger partial charge in [0.05, 0.1) is 6.61 Å². The molecule has 0 aliphatic carbocycles. The maximum atomic E-state index is 11.6. The topological polar surface area (TPSA) is 38.3 Å². The highest BCUT2D eigenvalue weighted by Gasteiger charge is 2.03. The summed E-state index contributed by atoms with van der Waals surface area (Å²) in [6.45, 7) is 0.339. The molecule has 2 aromatic carbocycles. The molecule has 0 saturated heterocycles. The minimum absolute atomic E-state index is 0.243. The highest BCUT2D eigenvalue weighted by Crippen LogP contribution is 2.10. The molecule has 2 aromatic rings. The van der Waals surface area contributed by atoms with Gasteiger partial charge in [0, 0.05) is 10.0 Å². The summed E-state index contributed by atoms with van der Waals surface area (Å²) in [5.74, 6) is -0.243. The molecule has 0 radical (unpaired) electrons. The standard InChI is InChI=1S/C14H12BrNO2/c15-13-8-6-11(7-9-13)10-18-16-14(17)12-4-2-1-3-5-12/h1-9H,10H2,(H,16,17).